The summed E-state index contributed by atoms with van der Waals surface area (Å²) in [5.74, 6) is 0.269. The third kappa shape index (κ3) is 2.26. The van der Waals surface area contributed by atoms with Gasteiger partial charge in [0.05, 0.1) is 5.92 Å². The van der Waals surface area contributed by atoms with Crippen LogP contribution in [0.1, 0.15) is 17.9 Å². The van der Waals surface area contributed by atoms with Crippen molar-refractivity contribution >= 4 is 5.97 Å². The molecule has 2 aliphatic rings. The fourth-order valence-corrected chi connectivity index (χ4v) is 2.88. The lowest BCUT2D eigenvalue weighted by atomic mass is 9.80. The lowest BCUT2D eigenvalue weighted by molar-refractivity contribution is -0.143. The number of carboxylic acids is 1. The summed E-state index contributed by atoms with van der Waals surface area (Å²) in [7, 11) is 0. The van der Waals surface area contributed by atoms with Gasteiger partial charge in [-0.05, 0) is 19.0 Å². The fourth-order valence-electron chi connectivity index (χ4n) is 2.88. The minimum Gasteiger partial charge on any atom is -0.486 e. The van der Waals surface area contributed by atoms with Gasteiger partial charge in [0.2, 0.25) is 0 Å². The standard InChI is InChI=1S/C14H17NO4/c16-14(17)11-8-15-5-4-9(11)10-2-1-3-12-13(10)19-7-6-18-12/h1-3,9,11,15H,4-8H2,(H,16,17). The van der Waals surface area contributed by atoms with Crippen molar-refractivity contribution in [3.05, 3.63) is 23.8 Å². The smallest absolute Gasteiger partial charge is 0.308 e. The SMILES string of the molecule is O=C(O)C1CNCCC1c1cccc2c1OCCO2. The van der Waals surface area contributed by atoms with Crippen molar-refractivity contribution in [3.63, 3.8) is 0 Å². The average molecular weight is 263 g/mol. The Hall–Kier alpha value is -1.75. The zero-order valence-electron chi connectivity index (χ0n) is 10.6. The molecule has 0 aromatic heterocycles. The van der Waals surface area contributed by atoms with Crippen LogP contribution in [0.5, 0.6) is 11.5 Å². The van der Waals surface area contributed by atoms with Crippen molar-refractivity contribution in [2.24, 2.45) is 5.92 Å². The maximum absolute atomic E-state index is 11.4. The molecule has 0 radical (unpaired) electrons. The van der Waals surface area contributed by atoms with E-state index in [1.54, 1.807) is 0 Å². The molecule has 102 valence electrons. The average Bonchev–Trinajstić information content (AvgIpc) is 2.46. The molecular weight excluding hydrogens is 246 g/mol. The molecule has 19 heavy (non-hydrogen) atoms. The van der Waals surface area contributed by atoms with Crippen molar-refractivity contribution in [1.29, 1.82) is 0 Å². The first-order valence-corrected chi connectivity index (χ1v) is 6.59. The van der Waals surface area contributed by atoms with E-state index < -0.39 is 11.9 Å². The lowest BCUT2D eigenvalue weighted by Crippen LogP contribution is -2.40. The predicted octanol–water partition coefficient (Wildman–Crippen LogP) is 1.24. The van der Waals surface area contributed by atoms with Gasteiger partial charge in [-0.25, -0.2) is 0 Å². The van der Waals surface area contributed by atoms with Gasteiger partial charge < -0.3 is 19.9 Å². The second-order valence-electron chi connectivity index (χ2n) is 4.92. The van der Waals surface area contributed by atoms with Gasteiger partial charge in [-0.2, -0.15) is 0 Å². The van der Waals surface area contributed by atoms with Crippen LogP contribution >= 0.6 is 0 Å². The molecule has 2 N–H and O–H groups in total. The molecule has 5 heteroatoms. The predicted molar refractivity (Wildman–Crippen MR) is 68.8 cm³/mol. The number of hydrogen-bond acceptors (Lipinski definition) is 4. The molecule has 2 unspecified atom stereocenters. The van der Waals surface area contributed by atoms with Gasteiger partial charge in [-0.15, -0.1) is 0 Å². The van der Waals surface area contributed by atoms with Gasteiger partial charge in [0.25, 0.3) is 0 Å². The van der Waals surface area contributed by atoms with E-state index >= 15 is 0 Å². The molecule has 1 saturated heterocycles. The first kappa shape index (κ1) is 12.3. The molecule has 1 fully saturated rings. The second kappa shape index (κ2) is 5.09. The largest absolute Gasteiger partial charge is 0.486 e. The molecule has 2 aliphatic heterocycles. The molecule has 3 rings (SSSR count). The number of ether oxygens (including phenoxy) is 2. The lowest BCUT2D eigenvalue weighted by Gasteiger charge is -2.32. The summed E-state index contributed by atoms with van der Waals surface area (Å²) in [6.45, 7) is 2.40. The minimum absolute atomic E-state index is 0.0181. The monoisotopic (exact) mass is 263 g/mol. The van der Waals surface area contributed by atoms with Crippen LogP contribution in [0.15, 0.2) is 18.2 Å². The van der Waals surface area contributed by atoms with Crippen LogP contribution < -0.4 is 14.8 Å². The highest BCUT2D eigenvalue weighted by atomic mass is 16.6. The Bertz CT molecular complexity index is 488. The van der Waals surface area contributed by atoms with E-state index in [9.17, 15) is 9.90 Å². The molecule has 1 aromatic carbocycles. The molecule has 0 aliphatic carbocycles. The van der Waals surface area contributed by atoms with Crippen molar-refractivity contribution in [2.75, 3.05) is 26.3 Å². The summed E-state index contributed by atoms with van der Waals surface area (Å²) >= 11 is 0. The first-order valence-electron chi connectivity index (χ1n) is 6.59. The molecule has 0 amide bonds. The second-order valence-corrected chi connectivity index (χ2v) is 4.92. The maximum atomic E-state index is 11.4. The molecule has 0 saturated carbocycles. The Morgan fingerprint density at radius 1 is 1.32 bits per heavy atom. The Morgan fingerprint density at radius 2 is 2.16 bits per heavy atom. The van der Waals surface area contributed by atoms with E-state index in [2.05, 4.69) is 5.32 Å². The van der Waals surface area contributed by atoms with E-state index in [4.69, 9.17) is 9.47 Å². The number of rotatable bonds is 2. The van der Waals surface area contributed by atoms with Crippen LogP contribution in [0.25, 0.3) is 0 Å². The highest BCUT2D eigenvalue weighted by Gasteiger charge is 2.34. The summed E-state index contributed by atoms with van der Waals surface area (Å²) in [6, 6.07) is 5.73. The topological polar surface area (TPSA) is 67.8 Å². The van der Waals surface area contributed by atoms with E-state index in [1.165, 1.54) is 0 Å². The van der Waals surface area contributed by atoms with Crippen LogP contribution in [-0.2, 0) is 4.79 Å². The maximum Gasteiger partial charge on any atom is 0.308 e. The van der Waals surface area contributed by atoms with Gasteiger partial charge in [0, 0.05) is 18.0 Å². The number of hydrogen-bond donors (Lipinski definition) is 2. The minimum atomic E-state index is -0.758. The normalized spacial score (nSPS) is 25.9. The van der Waals surface area contributed by atoms with Gasteiger partial charge in [-0.3, -0.25) is 4.79 Å². The summed E-state index contributed by atoms with van der Waals surface area (Å²) in [5, 5.41) is 12.5. The van der Waals surface area contributed by atoms with Gasteiger partial charge in [-0.1, -0.05) is 12.1 Å². The number of aliphatic carboxylic acids is 1. The number of carbonyl (C=O) groups is 1. The summed E-state index contributed by atoms with van der Waals surface area (Å²) in [5.41, 5.74) is 0.964. The van der Waals surface area contributed by atoms with Crippen LogP contribution in [0.3, 0.4) is 0 Å². The Kier molecular flexibility index (Phi) is 3.29. The Morgan fingerprint density at radius 3 is 3.00 bits per heavy atom. The highest BCUT2D eigenvalue weighted by Crippen LogP contribution is 2.42. The fraction of sp³-hybridized carbons (Fsp3) is 0.500. The molecule has 2 heterocycles. The number of nitrogens with one attached hydrogen (secondary N) is 1. The van der Waals surface area contributed by atoms with Crippen LogP contribution in [0.4, 0.5) is 0 Å². The van der Waals surface area contributed by atoms with Crippen LogP contribution in [-0.4, -0.2) is 37.4 Å². The first-order chi connectivity index (χ1) is 9.27. The van der Waals surface area contributed by atoms with Gasteiger partial charge in [0.1, 0.15) is 13.2 Å². The highest BCUT2D eigenvalue weighted by molar-refractivity contribution is 5.72. The van der Waals surface area contributed by atoms with Gasteiger partial charge >= 0.3 is 5.97 Å². The third-order valence-electron chi connectivity index (χ3n) is 3.80. The molecule has 5 nitrogen and oxygen atoms in total. The number of benzene rings is 1. The van der Waals surface area contributed by atoms with Crippen molar-refractivity contribution < 1.29 is 19.4 Å². The van der Waals surface area contributed by atoms with Crippen LogP contribution in [0.2, 0.25) is 0 Å². The molecule has 0 spiro atoms. The van der Waals surface area contributed by atoms with E-state index in [0.29, 0.717) is 19.8 Å². The van der Waals surface area contributed by atoms with Crippen molar-refractivity contribution in [1.82, 2.24) is 5.32 Å². The zero-order chi connectivity index (χ0) is 13.2. The van der Waals surface area contributed by atoms with Gasteiger partial charge in [0.15, 0.2) is 11.5 Å². The molecule has 1 aromatic rings. The summed E-state index contributed by atoms with van der Waals surface area (Å²) in [6.07, 6.45) is 0.802. The van der Waals surface area contributed by atoms with Crippen molar-refractivity contribution in [3.8, 4) is 11.5 Å². The van der Waals surface area contributed by atoms with E-state index in [1.807, 2.05) is 18.2 Å². The Labute approximate surface area is 111 Å². The van der Waals surface area contributed by atoms with E-state index in [0.717, 1.165) is 30.0 Å². The summed E-state index contributed by atoms with van der Waals surface area (Å²) < 4.78 is 11.3. The number of fused-ring (bicyclic) bond motifs is 1. The Balaban J connectivity index is 1.98. The molecular formula is C14H17NO4. The number of piperidine rings is 1. The number of para-hydroxylation sites is 1. The molecule has 2 atom stereocenters. The zero-order valence-corrected chi connectivity index (χ0v) is 10.6. The quantitative estimate of drug-likeness (QED) is 0.840. The number of carboxylic acid groups (broad SMARTS) is 1. The third-order valence-corrected chi connectivity index (χ3v) is 3.80. The van der Waals surface area contributed by atoms with Crippen molar-refractivity contribution in [2.45, 2.75) is 12.3 Å². The summed E-state index contributed by atoms with van der Waals surface area (Å²) in [4.78, 5) is 11.4. The molecule has 0 bridgehead atoms. The van der Waals surface area contributed by atoms with E-state index in [-0.39, 0.29) is 5.92 Å². The van der Waals surface area contributed by atoms with Crippen LogP contribution in [0, 0.1) is 5.92 Å².